The van der Waals surface area contributed by atoms with E-state index in [0.717, 1.165) is 28.9 Å². The van der Waals surface area contributed by atoms with Crippen molar-refractivity contribution in [2.75, 3.05) is 6.54 Å². The first-order valence-corrected chi connectivity index (χ1v) is 7.24. The van der Waals surface area contributed by atoms with E-state index in [1.807, 2.05) is 16.9 Å². The van der Waals surface area contributed by atoms with E-state index < -0.39 is 0 Å². The van der Waals surface area contributed by atoms with Gasteiger partial charge in [0.05, 0.1) is 17.6 Å². The van der Waals surface area contributed by atoms with Gasteiger partial charge in [-0.15, -0.1) is 5.10 Å². The minimum atomic E-state index is 0.636. The average Bonchev–Trinajstić information content (AvgIpc) is 2.80. The van der Waals surface area contributed by atoms with Crippen LogP contribution in [0.1, 0.15) is 25.1 Å². The zero-order valence-corrected chi connectivity index (χ0v) is 13.1. The quantitative estimate of drug-likeness (QED) is 0.919. The molecule has 19 heavy (non-hydrogen) atoms. The number of halogens is 1. The molecule has 0 spiro atoms. The summed E-state index contributed by atoms with van der Waals surface area (Å²) in [6, 6.07) is 6.18. The molecule has 0 bridgehead atoms. The van der Waals surface area contributed by atoms with Gasteiger partial charge < -0.3 is 5.32 Å². The van der Waals surface area contributed by atoms with E-state index in [1.54, 1.807) is 0 Å². The molecule has 0 fully saturated rings. The lowest BCUT2D eigenvalue weighted by molar-refractivity contribution is 0.542. The van der Waals surface area contributed by atoms with Gasteiger partial charge >= 0.3 is 0 Å². The molecule has 0 aliphatic heterocycles. The van der Waals surface area contributed by atoms with Crippen LogP contribution in [-0.4, -0.2) is 21.5 Å². The lowest BCUT2D eigenvalue weighted by atomic mass is 10.2. The summed E-state index contributed by atoms with van der Waals surface area (Å²) in [4.78, 5) is 0. The molecule has 0 saturated heterocycles. The summed E-state index contributed by atoms with van der Waals surface area (Å²) in [6.45, 7) is 8.23. The highest BCUT2D eigenvalue weighted by molar-refractivity contribution is 9.10. The van der Waals surface area contributed by atoms with Crippen LogP contribution in [0, 0.1) is 12.8 Å². The van der Waals surface area contributed by atoms with Gasteiger partial charge in [-0.2, -0.15) is 0 Å². The normalized spacial score (nSPS) is 11.2. The van der Waals surface area contributed by atoms with Gasteiger partial charge in [0.1, 0.15) is 0 Å². The van der Waals surface area contributed by atoms with Crippen LogP contribution in [0.5, 0.6) is 0 Å². The van der Waals surface area contributed by atoms with Gasteiger partial charge in [0.15, 0.2) is 0 Å². The molecule has 0 aliphatic rings. The Bertz CT molecular complexity index is 548. The molecule has 2 aromatic rings. The van der Waals surface area contributed by atoms with E-state index in [4.69, 9.17) is 0 Å². The van der Waals surface area contributed by atoms with E-state index in [2.05, 4.69) is 64.5 Å². The van der Waals surface area contributed by atoms with E-state index in [9.17, 15) is 0 Å². The van der Waals surface area contributed by atoms with Crippen LogP contribution in [0.3, 0.4) is 0 Å². The average molecular weight is 323 g/mol. The Hall–Kier alpha value is -1.20. The molecule has 4 nitrogen and oxygen atoms in total. The van der Waals surface area contributed by atoms with Crippen LogP contribution in [0.2, 0.25) is 0 Å². The highest BCUT2D eigenvalue weighted by Crippen LogP contribution is 2.20. The molecule has 102 valence electrons. The maximum Gasteiger partial charge on any atom is 0.0783 e. The van der Waals surface area contributed by atoms with Gasteiger partial charge in [-0.25, -0.2) is 4.68 Å². The summed E-state index contributed by atoms with van der Waals surface area (Å²) in [5.41, 5.74) is 3.31. The lowest BCUT2D eigenvalue weighted by Gasteiger charge is -2.11. The molecule has 0 aliphatic carbocycles. The summed E-state index contributed by atoms with van der Waals surface area (Å²) in [7, 11) is 0. The third-order valence-electron chi connectivity index (χ3n) is 2.88. The number of hydrogen-bond acceptors (Lipinski definition) is 3. The van der Waals surface area contributed by atoms with Crippen molar-refractivity contribution < 1.29 is 0 Å². The zero-order valence-electron chi connectivity index (χ0n) is 11.5. The molecule has 0 radical (unpaired) electrons. The number of aryl methyl sites for hydroxylation is 1. The predicted octanol–water partition coefficient (Wildman–Crippen LogP) is 3.08. The second kappa shape index (κ2) is 6.30. The summed E-state index contributed by atoms with van der Waals surface area (Å²) in [5.74, 6) is 0.636. The number of nitrogens with zero attached hydrogens (tertiary/aromatic N) is 3. The minimum absolute atomic E-state index is 0.636. The van der Waals surface area contributed by atoms with Gasteiger partial charge in [0.2, 0.25) is 0 Å². The van der Waals surface area contributed by atoms with Crippen molar-refractivity contribution in [1.82, 2.24) is 20.3 Å². The largest absolute Gasteiger partial charge is 0.311 e. The fourth-order valence-corrected chi connectivity index (χ4v) is 2.23. The van der Waals surface area contributed by atoms with Gasteiger partial charge in [-0.05, 0) is 37.1 Å². The van der Waals surface area contributed by atoms with Crippen LogP contribution >= 0.6 is 15.9 Å². The van der Waals surface area contributed by atoms with Gasteiger partial charge in [-0.3, -0.25) is 0 Å². The second-order valence-electron chi connectivity index (χ2n) is 5.09. The standard InChI is InChI=1S/C14H19BrN4/c1-10(2)7-16-8-13-9-17-18-19(13)14-6-12(15)5-4-11(14)3/h4-6,9-10,16H,7-8H2,1-3H3. The third-order valence-corrected chi connectivity index (χ3v) is 3.37. The van der Waals surface area contributed by atoms with Crippen molar-refractivity contribution in [2.24, 2.45) is 5.92 Å². The molecular formula is C14H19BrN4. The molecule has 1 aromatic carbocycles. The van der Waals surface area contributed by atoms with Crippen molar-refractivity contribution >= 4 is 15.9 Å². The van der Waals surface area contributed by atoms with Gasteiger partial charge in [0.25, 0.3) is 0 Å². The first-order valence-electron chi connectivity index (χ1n) is 6.44. The molecule has 0 unspecified atom stereocenters. The van der Waals surface area contributed by atoms with Gasteiger partial charge in [-0.1, -0.05) is 41.1 Å². The van der Waals surface area contributed by atoms with E-state index in [1.165, 1.54) is 5.56 Å². The smallest absolute Gasteiger partial charge is 0.0783 e. The lowest BCUT2D eigenvalue weighted by Crippen LogP contribution is -2.21. The zero-order chi connectivity index (χ0) is 13.8. The fourth-order valence-electron chi connectivity index (χ4n) is 1.88. The summed E-state index contributed by atoms with van der Waals surface area (Å²) in [6.07, 6.45) is 1.81. The summed E-state index contributed by atoms with van der Waals surface area (Å²) in [5, 5.41) is 11.6. The van der Waals surface area contributed by atoms with Crippen LogP contribution in [0.25, 0.3) is 5.69 Å². The first kappa shape index (κ1) is 14.2. The van der Waals surface area contributed by atoms with E-state index in [-0.39, 0.29) is 0 Å². The van der Waals surface area contributed by atoms with Crippen LogP contribution in [0.15, 0.2) is 28.9 Å². The molecular weight excluding hydrogens is 304 g/mol. The number of benzene rings is 1. The number of nitrogens with one attached hydrogen (secondary N) is 1. The molecule has 2 rings (SSSR count). The second-order valence-corrected chi connectivity index (χ2v) is 6.01. The number of aromatic nitrogens is 3. The Labute approximate surface area is 122 Å². The molecule has 1 aromatic heterocycles. The van der Waals surface area contributed by atoms with Crippen LogP contribution in [0.4, 0.5) is 0 Å². The van der Waals surface area contributed by atoms with Crippen LogP contribution in [-0.2, 0) is 6.54 Å². The van der Waals surface area contributed by atoms with Crippen molar-refractivity contribution in [3.8, 4) is 5.69 Å². The Kier molecular flexibility index (Phi) is 4.71. The number of rotatable bonds is 5. The number of hydrogen-bond donors (Lipinski definition) is 1. The highest BCUT2D eigenvalue weighted by atomic mass is 79.9. The molecule has 1 heterocycles. The Morgan fingerprint density at radius 2 is 2.16 bits per heavy atom. The molecule has 0 atom stereocenters. The van der Waals surface area contributed by atoms with E-state index in [0.29, 0.717) is 5.92 Å². The molecule has 0 amide bonds. The fraction of sp³-hybridized carbons (Fsp3) is 0.429. The predicted molar refractivity (Wildman–Crippen MR) is 80.3 cm³/mol. The highest BCUT2D eigenvalue weighted by Gasteiger charge is 2.09. The summed E-state index contributed by atoms with van der Waals surface area (Å²) < 4.78 is 2.94. The molecule has 5 heteroatoms. The molecule has 1 N–H and O–H groups in total. The van der Waals surface area contributed by atoms with Gasteiger partial charge in [0, 0.05) is 11.0 Å². The topological polar surface area (TPSA) is 42.7 Å². The Balaban J connectivity index is 2.21. The third kappa shape index (κ3) is 3.64. The Morgan fingerprint density at radius 1 is 1.37 bits per heavy atom. The monoisotopic (exact) mass is 322 g/mol. The Morgan fingerprint density at radius 3 is 2.89 bits per heavy atom. The minimum Gasteiger partial charge on any atom is -0.311 e. The van der Waals surface area contributed by atoms with Crippen molar-refractivity contribution in [2.45, 2.75) is 27.3 Å². The molecule has 0 saturated carbocycles. The van der Waals surface area contributed by atoms with E-state index >= 15 is 0 Å². The maximum absolute atomic E-state index is 4.19. The first-order chi connectivity index (χ1) is 9.08. The summed E-state index contributed by atoms with van der Waals surface area (Å²) >= 11 is 3.50. The van der Waals surface area contributed by atoms with Crippen molar-refractivity contribution in [3.05, 3.63) is 40.1 Å². The van der Waals surface area contributed by atoms with Crippen LogP contribution < -0.4 is 5.32 Å². The van der Waals surface area contributed by atoms with Crippen molar-refractivity contribution in [3.63, 3.8) is 0 Å². The van der Waals surface area contributed by atoms with Crippen molar-refractivity contribution in [1.29, 1.82) is 0 Å². The maximum atomic E-state index is 4.19. The SMILES string of the molecule is Cc1ccc(Br)cc1-n1nncc1CNCC(C)C.